The van der Waals surface area contributed by atoms with E-state index in [2.05, 4.69) is 34.9 Å². The first-order valence-electron chi connectivity index (χ1n) is 11.2. The Labute approximate surface area is 197 Å². The van der Waals surface area contributed by atoms with Gasteiger partial charge in [0.05, 0.1) is 0 Å². The molecule has 0 heterocycles. The summed E-state index contributed by atoms with van der Waals surface area (Å²) in [6.45, 7) is 2.06. The van der Waals surface area contributed by atoms with Gasteiger partial charge >= 0.3 is 12.1 Å². The summed E-state index contributed by atoms with van der Waals surface area (Å²) >= 11 is 0. The number of ether oxygens (including phenoxy) is 1. The molecule has 3 aromatic rings. The maximum Gasteiger partial charge on any atom is 0.407 e. The quantitative estimate of drug-likeness (QED) is 0.474. The molecule has 0 unspecified atom stereocenters. The molecular formula is C27H26N2O5. The fraction of sp³-hybridized carbons (Fsp3) is 0.222. The van der Waals surface area contributed by atoms with E-state index in [0.717, 1.165) is 5.56 Å². The zero-order valence-corrected chi connectivity index (χ0v) is 18.8. The van der Waals surface area contributed by atoms with Crippen LogP contribution < -0.4 is 10.6 Å². The lowest BCUT2D eigenvalue weighted by molar-refractivity contribution is -0.138. The molecule has 1 aliphatic rings. The lowest BCUT2D eigenvalue weighted by atomic mass is 9.98. The first-order chi connectivity index (χ1) is 16.4. The lowest BCUT2D eigenvalue weighted by Gasteiger charge is -2.14. The van der Waals surface area contributed by atoms with E-state index in [0.29, 0.717) is 18.5 Å². The minimum atomic E-state index is -1.09. The van der Waals surface area contributed by atoms with Crippen LogP contribution in [0.4, 0.5) is 4.79 Å². The normalized spacial score (nSPS) is 12.9. The number of rotatable bonds is 8. The number of aliphatic carboxylic acids is 1. The topological polar surface area (TPSA) is 105 Å². The number of alkyl carbamates (subject to hydrolysis) is 1. The second-order valence-electron chi connectivity index (χ2n) is 8.23. The second kappa shape index (κ2) is 10.2. The van der Waals surface area contributed by atoms with Crippen molar-refractivity contribution in [2.24, 2.45) is 0 Å². The Bertz CT molecular complexity index is 1160. The zero-order chi connectivity index (χ0) is 24.1. The minimum absolute atomic E-state index is 0.0145. The smallest absolute Gasteiger partial charge is 0.407 e. The molecule has 174 valence electrons. The van der Waals surface area contributed by atoms with Gasteiger partial charge in [-0.25, -0.2) is 4.79 Å². The first-order valence-corrected chi connectivity index (χ1v) is 11.2. The molecular weight excluding hydrogens is 432 g/mol. The predicted molar refractivity (Wildman–Crippen MR) is 128 cm³/mol. The summed E-state index contributed by atoms with van der Waals surface area (Å²) in [5.41, 5.74) is 6.00. The van der Waals surface area contributed by atoms with Crippen molar-refractivity contribution in [3.05, 3.63) is 95.1 Å². The molecule has 0 radical (unpaired) electrons. The summed E-state index contributed by atoms with van der Waals surface area (Å²) in [6.07, 6.45) is 0.0953. The SMILES string of the molecule is C[C@H](NC(=O)c1ccc(CCNC(=O)OCC2c3ccccc3-c3ccccc32)cc1)C(=O)O. The van der Waals surface area contributed by atoms with Crippen LogP contribution in [-0.4, -0.2) is 42.3 Å². The Morgan fingerprint density at radius 3 is 2.09 bits per heavy atom. The fourth-order valence-electron chi connectivity index (χ4n) is 4.12. The van der Waals surface area contributed by atoms with Gasteiger partial charge in [-0.3, -0.25) is 9.59 Å². The van der Waals surface area contributed by atoms with E-state index in [1.165, 1.54) is 29.2 Å². The number of amides is 2. The van der Waals surface area contributed by atoms with Crippen LogP contribution in [0.5, 0.6) is 0 Å². The highest BCUT2D eigenvalue weighted by molar-refractivity contribution is 5.96. The van der Waals surface area contributed by atoms with Crippen molar-refractivity contribution in [3.63, 3.8) is 0 Å². The lowest BCUT2D eigenvalue weighted by Crippen LogP contribution is -2.38. The van der Waals surface area contributed by atoms with Crippen molar-refractivity contribution >= 4 is 18.0 Å². The van der Waals surface area contributed by atoms with Crippen molar-refractivity contribution in [1.29, 1.82) is 0 Å². The molecule has 0 aliphatic heterocycles. The van der Waals surface area contributed by atoms with Crippen molar-refractivity contribution in [1.82, 2.24) is 10.6 Å². The number of benzene rings is 3. The van der Waals surface area contributed by atoms with E-state index in [-0.39, 0.29) is 12.5 Å². The Kier molecular flexibility index (Phi) is 6.92. The van der Waals surface area contributed by atoms with Gasteiger partial charge in [0.2, 0.25) is 0 Å². The molecule has 34 heavy (non-hydrogen) atoms. The molecule has 1 aliphatic carbocycles. The van der Waals surface area contributed by atoms with Crippen molar-refractivity contribution in [2.45, 2.75) is 25.3 Å². The van der Waals surface area contributed by atoms with Crippen LogP contribution in [0, 0.1) is 0 Å². The van der Waals surface area contributed by atoms with E-state index in [1.54, 1.807) is 24.3 Å². The van der Waals surface area contributed by atoms with Crippen LogP contribution >= 0.6 is 0 Å². The predicted octanol–water partition coefficient (Wildman–Crippen LogP) is 3.97. The summed E-state index contributed by atoms with van der Waals surface area (Å²) in [7, 11) is 0. The molecule has 3 N–H and O–H groups in total. The third-order valence-corrected chi connectivity index (χ3v) is 5.96. The molecule has 3 aromatic carbocycles. The number of nitrogens with one attached hydrogen (secondary N) is 2. The number of fused-ring (bicyclic) bond motifs is 3. The minimum Gasteiger partial charge on any atom is -0.480 e. The monoisotopic (exact) mass is 458 g/mol. The molecule has 4 rings (SSSR count). The van der Waals surface area contributed by atoms with Gasteiger partial charge in [-0.05, 0) is 53.3 Å². The molecule has 0 fully saturated rings. The highest BCUT2D eigenvalue weighted by atomic mass is 16.5. The average Bonchev–Trinajstić information content (AvgIpc) is 3.17. The number of carboxylic acids is 1. The van der Waals surface area contributed by atoms with Crippen LogP contribution in [0.3, 0.4) is 0 Å². The van der Waals surface area contributed by atoms with Gasteiger partial charge in [-0.15, -0.1) is 0 Å². The van der Waals surface area contributed by atoms with Crippen LogP contribution in [-0.2, 0) is 16.0 Å². The van der Waals surface area contributed by atoms with E-state index in [9.17, 15) is 14.4 Å². The van der Waals surface area contributed by atoms with Crippen molar-refractivity contribution in [3.8, 4) is 11.1 Å². The van der Waals surface area contributed by atoms with Gasteiger partial charge in [-0.2, -0.15) is 0 Å². The van der Waals surface area contributed by atoms with Gasteiger partial charge in [0, 0.05) is 18.0 Å². The van der Waals surface area contributed by atoms with Gasteiger partial charge in [0.25, 0.3) is 5.91 Å². The number of carbonyl (C=O) groups is 3. The summed E-state index contributed by atoms with van der Waals surface area (Å²) in [5, 5.41) is 14.1. The van der Waals surface area contributed by atoms with Gasteiger partial charge < -0.3 is 20.5 Å². The van der Waals surface area contributed by atoms with E-state index in [1.807, 2.05) is 24.3 Å². The fourth-order valence-corrected chi connectivity index (χ4v) is 4.12. The molecule has 0 aromatic heterocycles. The summed E-state index contributed by atoms with van der Waals surface area (Å²) in [5.74, 6) is -1.52. The van der Waals surface area contributed by atoms with Gasteiger partial charge in [0.1, 0.15) is 12.6 Å². The third-order valence-electron chi connectivity index (χ3n) is 5.96. The molecule has 0 bridgehead atoms. The van der Waals surface area contributed by atoms with Gasteiger partial charge in [-0.1, -0.05) is 60.7 Å². The van der Waals surface area contributed by atoms with Crippen LogP contribution in [0.25, 0.3) is 11.1 Å². The standard InChI is InChI=1S/C27H26N2O5/c1-17(26(31)32)29-25(30)19-12-10-18(11-13-19)14-15-28-27(33)34-16-24-22-8-4-2-6-20(22)21-7-3-5-9-23(21)24/h2-13,17,24H,14-16H2,1H3,(H,28,33)(H,29,30)(H,31,32)/t17-/m0/s1. The zero-order valence-electron chi connectivity index (χ0n) is 18.8. The van der Waals surface area contributed by atoms with E-state index < -0.39 is 24.0 Å². The number of hydrogen-bond donors (Lipinski definition) is 3. The van der Waals surface area contributed by atoms with Gasteiger partial charge in [0.15, 0.2) is 0 Å². The van der Waals surface area contributed by atoms with Crippen LogP contribution in [0.2, 0.25) is 0 Å². The maximum atomic E-state index is 12.3. The number of hydrogen-bond acceptors (Lipinski definition) is 4. The van der Waals surface area contributed by atoms with E-state index >= 15 is 0 Å². The first kappa shape index (κ1) is 23.0. The Morgan fingerprint density at radius 2 is 1.50 bits per heavy atom. The summed E-state index contributed by atoms with van der Waals surface area (Å²) < 4.78 is 5.53. The Morgan fingerprint density at radius 1 is 0.912 bits per heavy atom. The molecule has 7 nitrogen and oxygen atoms in total. The van der Waals surface area contributed by atoms with E-state index in [4.69, 9.17) is 9.84 Å². The largest absolute Gasteiger partial charge is 0.480 e. The van der Waals surface area contributed by atoms with Crippen molar-refractivity contribution < 1.29 is 24.2 Å². The second-order valence-corrected chi connectivity index (χ2v) is 8.23. The highest BCUT2D eigenvalue weighted by Crippen LogP contribution is 2.44. The molecule has 0 saturated carbocycles. The molecule has 7 heteroatoms. The van der Waals surface area contributed by atoms with Crippen molar-refractivity contribution in [2.75, 3.05) is 13.2 Å². The molecule has 1 atom stereocenters. The third kappa shape index (κ3) is 5.09. The summed E-state index contributed by atoms with van der Waals surface area (Å²) in [6, 6.07) is 22.2. The Hall–Kier alpha value is -4.13. The van der Waals surface area contributed by atoms with Crippen LogP contribution in [0.15, 0.2) is 72.8 Å². The molecule has 2 amide bonds. The maximum absolute atomic E-state index is 12.3. The number of carbonyl (C=O) groups excluding carboxylic acids is 2. The molecule has 0 spiro atoms. The molecule has 0 saturated heterocycles. The number of carboxylic acid groups (broad SMARTS) is 1. The summed E-state index contributed by atoms with van der Waals surface area (Å²) in [4.78, 5) is 35.2. The Balaban J connectivity index is 1.25. The highest BCUT2D eigenvalue weighted by Gasteiger charge is 2.28. The average molecular weight is 459 g/mol. The van der Waals surface area contributed by atoms with Crippen LogP contribution in [0.1, 0.15) is 39.9 Å².